The number of likely N-dealkylation sites (tertiary alicyclic amines) is 1. The van der Waals surface area contributed by atoms with Crippen LogP contribution in [0.4, 0.5) is 13.2 Å². The number of methoxy groups -OCH3 is 1. The van der Waals surface area contributed by atoms with Gasteiger partial charge in [0.05, 0.1) is 18.8 Å². The second-order valence-corrected chi connectivity index (χ2v) is 8.23. The quantitative estimate of drug-likeness (QED) is 0.723. The van der Waals surface area contributed by atoms with Gasteiger partial charge in [0.15, 0.2) is 0 Å². The average molecular weight is 421 g/mol. The van der Waals surface area contributed by atoms with E-state index >= 15 is 0 Å². The molecule has 4 rings (SSSR count). The Balaban J connectivity index is 1.63. The van der Waals surface area contributed by atoms with Gasteiger partial charge in [0.1, 0.15) is 18.0 Å². The van der Waals surface area contributed by atoms with E-state index in [1.54, 1.807) is 12.0 Å². The summed E-state index contributed by atoms with van der Waals surface area (Å²) in [6.45, 7) is 3.95. The minimum absolute atomic E-state index is 0.0172. The molecule has 0 saturated carbocycles. The van der Waals surface area contributed by atoms with Crippen LogP contribution in [0.15, 0.2) is 18.2 Å². The van der Waals surface area contributed by atoms with Crippen molar-refractivity contribution < 1.29 is 22.7 Å². The molecule has 1 aromatic carbocycles. The number of hydrogen-bond donors (Lipinski definition) is 0. The lowest BCUT2D eigenvalue weighted by Crippen LogP contribution is -2.35. The summed E-state index contributed by atoms with van der Waals surface area (Å²) in [4.78, 5) is 14.8. The number of nitrogens with zero attached hydrogens (tertiary/aromatic N) is 3. The first-order valence-electron chi connectivity index (χ1n) is 10.3. The summed E-state index contributed by atoms with van der Waals surface area (Å²) in [6.07, 6.45) is -1.92. The highest BCUT2D eigenvalue weighted by Crippen LogP contribution is 2.42. The second-order valence-electron chi connectivity index (χ2n) is 8.23. The summed E-state index contributed by atoms with van der Waals surface area (Å²) in [7, 11) is 1.60. The molecule has 1 saturated heterocycles. The van der Waals surface area contributed by atoms with Crippen LogP contribution in [0.5, 0.6) is 5.75 Å². The topological polar surface area (TPSA) is 47.4 Å². The normalized spacial score (nSPS) is 21.2. The average Bonchev–Trinajstić information content (AvgIpc) is 3.38. The zero-order valence-electron chi connectivity index (χ0n) is 17.4. The van der Waals surface area contributed by atoms with Crippen LogP contribution in [-0.2, 0) is 23.9 Å². The maximum atomic E-state index is 13.8. The van der Waals surface area contributed by atoms with Crippen molar-refractivity contribution in [1.82, 2.24) is 14.7 Å². The van der Waals surface area contributed by atoms with Crippen molar-refractivity contribution in [2.45, 2.75) is 64.2 Å². The smallest absolute Gasteiger partial charge is 0.433 e. The van der Waals surface area contributed by atoms with E-state index in [1.165, 1.54) is 0 Å². The molecule has 0 radical (unpaired) electrons. The van der Waals surface area contributed by atoms with Gasteiger partial charge in [-0.1, -0.05) is 19.1 Å². The standard InChI is InChI=1S/C22H26F3N3O2/c1-13-9-10-16-20(13)26-28(21(16)22(23,24)25)12-19(29)27-11-5-7-17(27)15-6-4-8-18(30-3)14(15)2/h4,6,8,13,17H,5,7,9-12H2,1-3H3/t13-,17-/m0/s1. The third kappa shape index (κ3) is 3.46. The predicted molar refractivity (Wildman–Crippen MR) is 105 cm³/mol. The zero-order chi connectivity index (χ0) is 21.6. The molecular formula is C22H26F3N3O2. The van der Waals surface area contributed by atoms with Gasteiger partial charge in [-0.05, 0) is 49.8 Å². The molecule has 2 aromatic rings. The van der Waals surface area contributed by atoms with Crippen LogP contribution >= 0.6 is 0 Å². The molecular weight excluding hydrogens is 395 g/mol. The van der Waals surface area contributed by atoms with Crippen molar-refractivity contribution in [3.63, 3.8) is 0 Å². The van der Waals surface area contributed by atoms with Crippen molar-refractivity contribution in [3.8, 4) is 5.75 Å². The van der Waals surface area contributed by atoms with Crippen molar-refractivity contribution >= 4 is 5.91 Å². The van der Waals surface area contributed by atoms with Crippen molar-refractivity contribution in [2.24, 2.45) is 0 Å². The SMILES string of the molecule is COc1cccc([C@@H]2CCCN2C(=O)Cn2nc3c(c2C(F)(F)F)CC[C@@H]3C)c1C. The summed E-state index contributed by atoms with van der Waals surface area (Å²) in [6, 6.07) is 5.54. The molecule has 2 atom stereocenters. The second kappa shape index (κ2) is 7.63. The summed E-state index contributed by atoms with van der Waals surface area (Å²) in [5, 5.41) is 4.22. The predicted octanol–water partition coefficient (Wildman–Crippen LogP) is 4.63. The molecule has 8 heteroatoms. The fourth-order valence-electron chi connectivity index (χ4n) is 4.91. The van der Waals surface area contributed by atoms with Gasteiger partial charge in [-0.3, -0.25) is 9.48 Å². The van der Waals surface area contributed by atoms with Gasteiger partial charge in [0.2, 0.25) is 5.91 Å². The van der Waals surface area contributed by atoms with E-state index in [9.17, 15) is 18.0 Å². The number of amides is 1. The van der Waals surface area contributed by atoms with Gasteiger partial charge in [-0.15, -0.1) is 0 Å². The first-order valence-corrected chi connectivity index (χ1v) is 10.3. The lowest BCUT2D eigenvalue weighted by Gasteiger charge is -2.27. The molecule has 0 bridgehead atoms. The summed E-state index contributed by atoms with van der Waals surface area (Å²) < 4.78 is 47.6. The van der Waals surface area contributed by atoms with E-state index in [0.29, 0.717) is 25.1 Å². The van der Waals surface area contributed by atoms with Crippen LogP contribution < -0.4 is 4.74 Å². The molecule has 1 amide bonds. The number of alkyl halides is 3. The monoisotopic (exact) mass is 421 g/mol. The lowest BCUT2D eigenvalue weighted by atomic mass is 9.98. The highest BCUT2D eigenvalue weighted by atomic mass is 19.4. The zero-order valence-corrected chi connectivity index (χ0v) is 17.4. The van der Waals surface area contributed by atoms with Crippen molar-refractivity contribution in [3.05, 3.63) is 46.3 Å². The van der Waals surface area contributed by atoms with Gasteiger partial charge in [0.25, 0.3) is 0 Å². The lowest BCUT2D eigenvalue weighted by molar-refractivity contribution is -0.146. The maximum Gasteiger partial charge on any atom is 0.433 e. The molecule has 0 spiro atoms. The minimum atomic E-state index is -4.53. The number of carbonyl (C=O) groups is 1. The molecule has 0 N–H and O–H groups in total. The molecule has 30 heavy (non-hydrogen) atoms. The Morgan fingerprint density at radius 2 is 2.07 bits per heavy atom. The van der Waals surface area contributed by atoms with E-state index in [4.69, 9.17) is 4.74 Å². The highest BCUT2D eigenvalue weighted by Gasteiger charge is 2.43. The van der Waals surface area contributed by atoms with Crippen LogP contribution in [0.25, 0.3) is 0 Å². The molecule has 5 nitrogen and oxygen atoms in total. The van der Waals surface area contributed by atoms with Gasteiger partial charge in [-0.25, -0.2) is 0 Å². The van der Waals surface area contributed by atoms with E-state index in [1.807, 2.05) is 32.0 Å². The number of benzene rings is 1. The first-order chi connectivity index (χ1) is 14.2. The van der Waals surface area contributed by atoms with E-state index in [2.05, 4.69) is 5.10 Å². The number of rotatable bonds is 4. The Morgan fingerprint density at radius 1 is 1.30 bits per heavy atom. The van der Waals surface area contributed by atoms with Crippen LogP contribution in [0.1, 0.15) is 66.2 Å². The Kier molecular flexibility index (Phi) is 5.28. The van der Waals surface area contributed by atoms with Gasteiger partial charge in [-0.2, -0.15) is 18.3 Å². The fourth-order valence-corrected chi connectivity index (χ4v) is 4.91. The third-order valence-electron chi connectivity index (χ3n) is 6.41. The Morgan fingerprint density at radius 3 is 2.77 bits per heavy atom. The number of halogens is 3. The third-order valence-corrected chi connectivity index (χ3v) is 6.41. The van der Waals surface area contributed by atoms with E-state index in [0.717, 1.165) is 34.4 Å². The number of aromatic nitrogens is 2. The van der Waals surface area contributed by atoms with Crippen molar-refractivity contribution in [1.29, 1.82) is 0 Å². The van der Waals surface area contributed by atoms with Gasteiger partial charge in [0, 0.05) is 18.0 Å². The fraction of sp³-hybridized carbons (Fsp3) is 0.545. The first kappa shape index (κ1) is 20.8. The highest BCUT2D eigenvalue weighted by molar-refractivity contribution is 5.77. The van der Waals surface area contributed by atoms with Crippen LogP contribution in [0.2, 0.25) is 0 Å². The minimum Gasteiger partial charge on any atom is -0.496 e. The Hall–Kier alpha value is -2.51. The molecule has 1 aliphatic carbocycles. The Bertz CT molecular complexity index is 967. The molecule has 2 heterocycles. The molecule has 0 unspecified atom stereocenters. The molecule has 1 fully saturated rings. The van der Waals surface area contributed by atoms with Crippen LogP contribution in [0.3, 0.4) is 0 Å². The molecule has 1 aliphatic heterocycles. The van der Waals surface area contributed by atoms with Gasteiger partial charge >= 0.3 is 6.18 Å². The summed E-state index contributed by atoms with van der Waals surface area (Å²) in [5.74, 6) is 0.388. The van der Waals surface area contributed by atoms with Crippen LogP contribution in [-0.4, -0.2) is 34.2 Å². The number of ether oxygens (including phenoxy) is 1. The molecule has 2 aliphatic rings. The summed E-state index contributed by atoms with van der Waals surface area (Å²) >= 11 is 0. The number of fused-ring (bicyclic) bond motifs is 1. The number of hydrogen-bond acceptors (Lipinski definition) is 3. The van der Waals surface area contributed by atoms with Crippen molar-refractivity contribution in [2.75, 3.05) is 13.7 Å². The molecule has 1 aromatic heterocycles. The summed E-state index contributed by atoms with van der Waals surface area (Å²) in [5.41, 5.74) is 1.91. The largest absolute Gasteiger partial charge is 0.496 e. The van der Waals surface area contributed by atoms with Crippen LogP contribution in [0, 0.1) is 6.92 Å². The van der Waals surface area contributed by atoms with E-state index in [-0.39, 0.29) is 23.4 Å². The Labute approximate surface area is 173 Å². The van der Waals surface area contributed by atoms with Gasteiger partial charge < -0.3 is 9.64 Å². The maximum absolute atomic E-state index is 13.8. The van der Waals surface area contributed by atoms with E-state index < -0.39 is 18.4 Å². The molecule has 162 valence electrons. The number of carbonyl (C=O) groups excluding carboxylic acids is 1.